The number of ether oxygens (including phenoxy) is 2. The van der Waals surface area contributed by atoms with Gasteiger partial charge in [0.2, 0.25) is 0 Å². The summed E-state index contributed by atoms with van der Waals surface area (Å²) in [5.74, 6) is -0.829. The Hall–Kier alpha value is -2.68. The molecule has 0 unspecified atom stereocenters. The zero-order valence-electron chi connectivity index (χ0n) is 20.0. The third kappa shape index (κ3) is 4.57. The molecule has 2 aromatic rings. The van der Waals surface area contributed by atoms with Gasteiger partial charge in [0, 0.05) is 4.88 Å². The number of carbonyl (C=O) groups is 3. The van der Waals surface area contributed by atoms with Gasteiger partial charge in [-0.05, 0) is 67.9 Å². The highest BCUT2D eigenvalue weighted by Crippen LogP contribution is 2.47. The van der Waals surface area contributed by atoms with Gasteiger partial charge in [-0.2, -0.15) is 0 Å². The van der Waals surface area contributed by atoms with E-state index in [0.29, 0.717) is 21.7 Å². The Bertz CT molecular complexity index is 1080. The zero-order chi connectivity index (χ0) is 24.2. The number of carbonyl (C=O) groups excluding carboxylic acids is 3. The Morgan fingerprint density at radius 3 is 2.19 bits per heavy atom. The van der Waals surface area contributed by atoms with E-state index in [0.717, 1.165) is 15.3 Å². The van der Waals surface area contributed by atoms with Crippen molar-refractivity contribution in [2.24, 2.45) is 0 Å². The topological polar surface area (TPSA) is 98.9 Å². The summed E-state index contributed by atoms with van der Waals surface area (Å²) in [7, 11) is 0. The zero-order valence-corrected chi connectivity index (χ0v) is 20.9. The molecular formula is C23H30N2O6S. The number of esters is 1. The van der Waals surface area contributed by atoms with Gasteiger partial charge in [-0.3, -0.25) is 9.59 Å². The monoisotopic (exact) mass is 462 g/mol. The molecule has 0 bridgehead atoms. The second-order valence-electron chi connectivity index (χ2n) is 9.96. The van der Waals surface area contributed by atoms with Gasteiger partial charge >= 0.3 is 12.1 Å². The first kappa shape index (κ1) is 24.0. The summed E-state index contributed by atoms with van der Waals surface area (Å²) in [6, 6.07) is -1.05. The van der Waals surface area contributed by atoms with Crippen molar-refractivity contribution < 1.29 is 28.4 Å². The average Bonchev–Trinajstić information content (AvgIpc) is 3.07. The van der Waals surface area contributed by atoms with Crippen LogP contribution in [0.15, 0.2) is 4.52 Å². The molecule has 1 aliphatic rings. The molecule has 0 saturated heterocycles. The summed E-state index contributed by atoms with van der Waals surface area (Å²) in [6.07, 6.45) is -1.14. The molecule has 0 radical (unpaired) electrons. The van der Waals surface area contributed by atoms with E-state index in [4.69, 9.17) is 14.0 Å². The number of nitrogens with zero attached hydrogens (tertiary/aromatic N) is 2. The van der Waals surface area contributed by atoms with E-state index in [1.165, 1.54) is 11.3 Å². The minimum Gasteiger partial charge on any atom is -0.460 e. The SMILES string of the molecule is Cc1noc2c1-c1sc(C)c(C)c1C(=O)N(C(=O)OC(C)(C)C)[C@H]2CC(=O)OC(C)(C)C. The van der Waals surface area contributed by atoms with Gasteiger partial charge in [0.25, 0.3) is 5.91 Å². The molecule has 0 saturated carbocycles. The van der Waals surface area contributed by atoms with Gasteiger partial charge in [0.1, 0.15) is 17.2 Å². The van der Waals surface area contributed by atoms with Crippen molar-refractivity contribution in [1.29, 1.82) is 0 Å². The van der Waals surface area contributed by atoms with Crippen LogP contribution in [-0.2, 0) is 14.3 Å². The van der Waals surface area contributed by atoms with Crippen LogP contribution in [0.5, 0.6) is 0 Å². The molecule has 2 aromatic heterocycles. The fraction of sp³-hybridized carbons (Fsp3) is 0.565. The molecule has 8 nitrogen and oxygen atoms in total. The quantitative estimate of drug-likeness (QED) is 0.544. The number of aryl methyl sites for hydroxylation is 2. The smallest absolute Gasteiger partial charge is 0.418 e. The number of rotatable bonds is 2. The summed E-state index contributed by atoms with van der Waals surface area (Å²) in [5.41, 5.74) is 0.813. The van der Waals surface area contributed by atoms with E-state index < -0.39 is 35.2 Å². The van der Waals surface area contributed by atoms with Crippen molar-refractivity contribution in [3.05, 3.63) is 27.5 Å². The van der Waals surface area contributed by atoms with E-state index in [-0.39, 0.29) is 12.2 Å². The predicted molar refractivity (Wildman–Crippen MR) is 120 cm³/mol. The molecule has 3 heterocycles. The minimum absolute atomic E-state index is 0.271. The Balaban J connectivity index is 2.21. The minimum atomic E-state index is -1.05. The second-order valence-corrected chi connectivity index (χ2v) is 11.2. The van der Waals surface area contributed by atoms with Gasteiger partial charge in [0.15, 0.2) is 5.76 Å². The number of fused-ring (bicyclic) bond motifs is 3. The number of amides is 2. The normalized spacial score (nSPS) is 16.3. The number of hydrogen-bond donors (Lipinski definition) is 0. The van der Waals surface area contributed by atoms with Gasteiger partial charge in [0.05, 0.1) is 28.1 Å². The molecular weight excluding hydrogens is 432 g/mol. The van der Waals surface area contributed by atoms with Crippen LogP contribution in [0.1, 0.15) is 86.3 Å². The first-order chi connectivity index (χ1) is 14.6. The van der Waals surface area contributed by atoms with Crippen molar-refractivity contribution >= 4 is 29.3 Å². The first-order valence-corrected chi connectivity index (χ1v) is 11.3. The lowest BCUT2D eigenvalue weighted by Gasteiger charge is -2.30. The van der Waals surface area contributed by atoms with E-state index in [1.54, 1.807) is 48.5 Å². The van der Waals surface area contributed by atoms with Crippen LogP contribution in [-0.4, -0.2) is 39.2 Å². The fourth-order valence-electron chi connectivity index (χ4n) is 3.58. The summed E-state index contributed by atoms with van der Waals surface area (Å²) < 4.78 is 16.7. The van der Waals surface area contributed by atoms with E-state index in [2.05, 4.69) is 5.16 Å². The number of thiophene rings is 1. The Morgan fingerprint density at radius 1 is 1.03 bits per heavy atom. The van der Waals surface area contributed by atoms with Crippen LogP contribution in [0.3, 0.4) is 0 Å². The maximum atomic E-state index is 13.8. The molecule has 2 amide bonds. The lowest BCUT2D eigenvalue weighted by atomic mass is 10.0. The van der Waals surface area contributed by atoms with Crippen LogP contribution in [0.4, 0.5) is 4.79 Å². The molecule has 3 rings (SSSR count). The highest BCUT2D eigenvalue weighted by Gasteiger charge is 2.45. The molecule has 32 heavy (non-hydrogen) atoms. The van der Waals surface area contributed by atoms with Crippen LogP contribution >= 0.6 is 11.3 Å². The van der Waals surface area contributed by atoms with Crippen LogP contribution in [0.25, 0.3) is 10.4 Å². The Morgan fingerprint density at radius 2 is 1.62 bits per heavy atom. The standard InChI is InChI=1S/C23H30N2O6S/c1-11-13(3)32-19-16(11)20(27)25(21(28)30-23(7,8)9)14(10-15(26)29-22(4,5)6)18-17(19)12(2)24-31-18/h14H,10H2,1-9H3/t14-/m0/s1. The lowest BCUT2D eigenvalue weighted by molar-refractivity contribution is -0.156. The Labute approximate surface area is 191 Å². The van der Waals surface area contributed by atoms with E-state index >= 15 is 0 Å². The summed E-state index contributed by atoms with van der Waals surface area (Å²) >= 11 is 1.44. The van der Waals surface area contributed by atoms with Crippen molar-refractivity contribution in [3.8, 4) is 10.4 Å². The predicted octanol–water partition coefficient (Wildman–Crippen LogP) is 5.49. The summed E-state index contributed by atoms with van der Waals surface area (Å²) in [6.45, 7) is 15.9. The Kier molecular flexibility index (Phi) is 6.01. The largest absolute Gasteiger partial charge is 0.460 e. The third-order valence-corrected chi connectivity index (χ3v) is 6.14. The van der Waals surface area contributed by atoms with Gasteiger partial charge in [-0.1, -0.05) is 5.16 Å². The highest BCUT2D eigenvalue weighted by molar-refractivity contribution is 7.16. The fourth-order valence-corrected chi connectivity index (χ4v) is 4.83. The number of imide groups is 1. The van der Waals surface area contributed by atoms with Gasteiger partial charge in [-0.15, -0.1) is 11.3 Å². The number of aromatic nitrogens is 1. The third-order valence-electron chi connectivity index (χ3n) is 4.92. The number of hydrogen-bond acceptors (Lipinski definition) is 8. The molecule has 1 aliphatic heterocycles. The van der Waals surface area contributed by atoms with Gasteiger partial charge in [-0.25, -0.2) is 9.69 Å². The molecule has 1 atom stereocenters. The second kappa shape index (κ2) is 8.03. The maximum absolute atomic E-state index is 13.8. The molecule has 0 aliphatic carbocycles. The van der Waals surface area contributed by atoms with E-state index in [1.807, 2.05) is 13.8 Å². The van der Waals surface area contributed by atoms with Crippen molar-refractivity contribution in [2.75, 3.05) is 0 Å². The molecule has 0 aromatic carbocycles. The van der Waals surface area contributed by atoms with Crippen LogP contribution in [0.2, 0.25) is 0 Å². The molecule has 0 N–H and O–H groups in total. The molecule has 9 heteroatoms. The van der Waals surface area contributed by atoms with Crippen molar-refractivity contribution in [3.63, 3.8) is 0 Å². The lowest BCUT2D eigenvalue weighted by Crippen LogP contribution is -2.43. The average molecular weight is 463 g/mol. The summed E-state index contributed by atoms with van der Waals surface area (Å²) in [4.78, 5) is 42.4. The highest BCUT2D eigenvalue weighted by atomic mass is 32.1. The van der Waals surface area contributed by atoms with Gasteiger partial charge < -0.3 is 14.0 Å². The molecule has 174 valence electrons. The van der Waals surface area contributed by atoms with Crippen molar-refractivity contribution in [2.45, 2.75) is 86.0 Å². The molecule has 0 fully saturated rings. The maximum Gasteiger partial charge on any atom is 0.418 e. The first-order valence-electron chi connectivity index (χ1n) is 10.5. The molecule has 0 spiro atoms. The van der Waals surface area contributed by atoms with Crippen molar-refractivity contribution in [1.82, 2.24) is 10.1 Å². The van der Waals surface area contributed by atoms with Crippen LogP contribution in [0, 0.1) is 20.8 Å². The summed E-state index contributed by atoms with van der Waals surface area (Å²) in [5, 5.41) is 4.09. The van der Waals surface area contributed by atoms with Crippen LogP contribution < -0.4 is 0 Å². The van der Waals surface area contributed by atoms with E-state index in [9.17, 15) is 14.4 Å².